The molecule has 5 nitrogen and oxygen atoms in total. The average molecular weight is 194 g/mol. The van der Waals surface area contributed by atoms with Gasteiger partial charge in [0.05, 0.1) is 6.20 Å². The Balaban J connectivity index is 2.96. The van der Waals surface area contributed by atoms with E-state index in [1.165, 1.54) is 0 Å². The number of anilines is 1. The van der Waals surface area contributed by atoms with E-state index < -0.39 is 18.1 Å². The molecule has 8 heteroatoms. The number of rotatable bonds is 1. The summed E-state index contributed by atoms with van der Waals surface area (Å²) in [5, 5.41) is 4.74. The fourth-order valence-electron chi connectivity index (χ4n) is 0.726. The molecule has 0 aliphatic rings. The van der Waals surface area contributed by atoms with Gasteiger partial charge in [-0.2, -0.15) is 9.78 Å². The number of amides is 2. The molecule has 2 amide bonds. The normalized spacial score (nSPS) is 11.3. The smallest absolute Gasteiger partial charge is 0.351 e. The maximum atomic E-state index is 12.0. The molecule has 0 aliphatic heterocycles. The highest BCUT2D eigenvalue weighted by atomic mass is 19.4. The maximum Gasteiger partial charge on any atom is 0.506 e. The van der Waals surface area contributed by atoms with E-state index >= 15 is 0 Å². The molecule has 0 saturated heterocycles. The molecule has 13 heavy (non-hydrogen) atoms. The quantitative estimate of drug-likeness (QED) is 0.695. The molecule has 1 aromatic heterocycles. The third-order valence-corrected chi connectivity index (χ3v) is 1.13. The van der Waals surface area contributed by atoms with Gasteiger partial charge < -0.3 is 5.73 Å². The monoisotopic (exact) mass is 194 g/mol. The third-order valence-electron chi connectivity index (χ3n) is 1.13. The summed E-state index contributed by atoms with van der Waals surface area (Å²) in [7, 11) is 0. The minimum Gasteiger partial charge on any atom is -0.351 e. The van der Waals surface area contributed by atoms with Crippen LogP contribution in [0.4, 0.5) is 23.8 Å². The SMILES string of the molecule is NC(=O)Nc1ccnn1C(F)(F)F. The number of nitrogens with zero attached hydrogens (tertiary/aromatic N) is 2. The third kappa shape index (κ3) is 2.10. The van der Waals surface area contributed by atoms with Gasteiger partial charge in [-0.25, -0.2) is 4.79 Å². The molecule has 0 radical (unpaired) electrons. The predicted molar refractivity (Wildman–Crippen MR) is 36.7 cm³/mol. The Hall–Kier alpha value is -1.73. The van der Waals surface area contributed by atoms with Crippen LogP contribution < -0.4 is 11.1 Å². The van der Waals surface area contributed by atoms with Crippen molar-refractivity contribution in [1.29, 1.82) is 0 Å². The number of carbonyl (C=O) groups is 1. The Morgan fingerprint density at radius 2 is 2.23 bits per heavy atom. The van der Waals surface area contributed by atoms with Gasteiger partial charge in [0.1, 0.15) is 5.82 Å². The van der Waals surface area contributed by atoms with Crippen molar-refractivity contribution in [3.8, 4) is 0 Å². The second-order valence-corrected chi connectivity index (χ2v) is 2.09. The van der Waals surface area contributed by atoms with Crippen LogP contribution in [-0.4, -0.2) is 15.8 Å². The highest BCUT2D eigenvalue weighted by molar-refractivity contribution is 5.86. The fourth-order valence-corrected chi connectivity index (χ4v) is 0.726. The van der Waals surface area contributed by atoms with Crippen molar-refractivity contribution in [2.24, 2.45) is 5.73 Å². The molecule has 0 unspecified atom stereocenters. The van der Waals surface area contributed by atoms with E-state index in [2.05, 4.69) is 10.8 Å². The number of halogens is 3. The maximum absolute atomic E-state index is 12.0. The number of aromatic nitrogens is 2. The lowest BCUT2D eigenvalue weighted by atomic mass is 10.6. The number of nitrogens with one attached hydrogen (secondary N) is 1. The van der Waals surface area contributed by atoms with Crippen LogP contribution in [-0.2, 0) is 6.30 Å². The van der Waals surface area contributed by atoms with Gasteiger partial charge in [0.2, 0.25) is 0 Å². The van der Waals surface area contributed by atoms with Crippen LogP contribution in [0.25, 0.3) is 0 Å². The van der Waals surface area contributed by atoms with Crippen molar-refractivity contribution in [3.63, 3.8) is 0 Å². The van der Waals surface area contributed by atoms with Crippen LogP contribution in [0.5, 0.6) is 0 Å². The van der Waals surface area contributed by atoms with E-state index in [0.717, 1.165) is 12.3 Å². The summed E-state index contributed by atoms with van der Waals surface area (Å²) in [5.74, 6) is -0.514. The van der Waals surface area contributed by atoms with Gasteiger partial charge in [0.25, 0.3) is 0 Å². The van der Waals surface area contributed by atoms with Gasteiger partial charge in [0.15, 0.2) is 0 Å². The Bertz CT molecular complexity index is 318. The predicted octanol–water partition coefficient (Wildman–Crippen LogP) is 0.850. The lowest BCUT2D eigenvalue weighted by Crippen LogP contribution is -2.26. The summed E-state index contributed by atoms with van der Waals surface area (Å²) >= 11 is 0. The van der Waals surface area contributed by atoms with Crippen molar-refractivity contribution >= 4 is 11.8 Å². The van der Waals surface area contributed by atoms with Gasteiger partial charge in [-0.05, 0) is 0 Å². The van der Waals surface area contributed by atoms with Crippen LogP contribution in [0.15, 0.2) is 12.3 Å². The molecule has 0 bridgehead atoms. The number of carbonyl (C=O) groups excluding carboxylic acids is 1. The zero-order valence-electron chi connectivity index (χ0n) is 6.17. The first-order valence-corrected chi connectivity index (χ1v) is 3.09. The van der Waals surface area contributed by atoms with Gasteiger partial charge in [-0.15, -0.1) is 13.2 Å². The van der Waals surface area contributed by atoms with E-state index in [-0.39, 0.29) is 4.68 Å². The summed E-state index contributed by atoms with van der Waals surface area (Å²) in [4.78, 5) is 10.2. The summed E-state index contributed by atoms with van der Waals surface area (Å²) in [6, 6.07) is -0.0934. The van der Waals surface area contributed by atoms with Crippen molar-refractivity contribution in [3.05, 3.63) is 12.3 Å². The zero-order chi connectivity index (χ0) is 10.1. The van der Waals surface area contributed by atoms with Crippen LogP contribution >= 0.6 is 0 Å². The molecule has 0 atom stereocenters. The second kappa shape index (κ2) is 2.96. The van der Waals surface area contributed by atoms with Crippen molar-refractivity contribution in [2.45, 2.75) is 6.30 Å². The summed E-state index contributed by atoms with van der Waals surface area (Å²) < 4.78 is 35.8. The molecule has 1 rings (SSSR count). The fraction of sp³-hybridized carbons (Fsp3) is 0.200. The molecule has 0 aromatic carbocycles. The average Bonchev–Trinajstić information content (AvgIpc) is 2.31. The lowest BCUT2D eigenvalue weighted by Gasteiger charge is -2.09. The van der Waals surface area contributed by atoms with E-state index in [0.29, 0.717) is 0 Å². The van der Waals surface area contributed by atoms with E-state index in [1.807, 2.05) is 0 Å². The first-order chi connectivity index (χ1) is 5.91. The Labute approximate surface area is 70.3 Å². The van der Waals surface area contributed by atoms with Crippen molar-refractivity contribution in [2.75, 3.05) is 5.32 Å². The largest absolute Gasteiger partial charge is 0.506 e. The number of hydrogen-bond acceptors (Lipinski definition) is 2. The molecule has 1 heterocycles. The molecule has 0 aliphatic carbocycles. The molecular formula is C5H5F3N4O. The van der Waals surface area contributed by atoms with Gasteiger partial charge in [-0.1, -0.05) is 0 Å². The van der Waals surface area contributed by atoms with Gasteiger partial charge in [0, 0.05) is 6.07 Å². The minimum absolute atomic E-state index is 0.294. The molecule has 3 N–H and O–H groups in total. The lowest BCUT2D eigenvalue weighted by molar-refractivity contribution is -0.210. The molecule has 72 valence electrons. The molecule has 0 saturated carbocycles. The summed E-state index contributed by atoms with van der Waals surface area (Å²) in [6.45, 7) is 0. The Morgan fingerprint density at radius 3 is 2.69 bits per heavy atom. The van der Waals surface area contributed by atoms with Crippen LogP contribution in [0.2, 0.25) is 0 Å². The van der Waals surface area contributed by atoms with Gasteiger partial charge in [-0.3, -0.25) is 5.32 Å². The highest BCUT2D eigenvalue weighted by Crippen LogP contribution is 2.25. The van der Waals surface area contributed by atoms with Crippen molar-refractivity contribution < 1.29 is 18.0 Å². The van der Waals surface area contributed by atoms with Crippen LogP contribution in [0.3, 0.4) is 0 Å². The number of hydrogen-bond donors (Lipinski definition) is 2. The molecule has 0 spiro atoms. The topological polar surface area (TPSA) is 72.9 Å². The van der Waals surface area contributed by atoms with Gasteiger partial charge >= 0.3 is 12.3 Å². The van der Waals surface area contributed by atoms with Crippen LogP contribution in [0, 0.1) is 0 Å². The zero-order valence-corrected chi connectivity index (χ0v) is 6.17. The molecular weight excluding hydrogens is 189 g/mol. The Morgan fingerprint density at radius 1 is 1.62 bits per heavy atom. The Kier molecular flexibility index (Phi) is 2.13. The standard InChI is InChI=1S/C5H5F3N4O/c6-5(7,8)12-3(1-2-10-12)11-4(9)13/h1-2H,(H3,9,11,13). The second-order valence-electron chi connectivity index (χ2n) is 2.09. The van der Waals surface area contributed by atoms with Crippen LogP contribution in [0.1, 0.15) is 0 Å². The first-order valence-electron chi connectivity index (χ1n) is 3.09. The minimum atomic E-state index is -4.67. The van der Waals surface area contributed by atoms with E-state index in [4.69, 9.17) is 0 Å². The van der Waals surface area contributed by atoms with E-state index in [1.54, 1.807) is 5.32 Å². The molecule has 0 fully saturated rings. The van der Waals surface area contributed by atoms with Crippen molar-refractivity contribution in [1.82, 2.24) is 9.78 Å². The first kappa shape index (κ1) is 9.36. The number of urea groups is 1. The number of primary amides is 1. The molecule has 1 aromatic rings. The summed E-state index contributed by atoms with van der Waals surface area (Å²) in [5.41, 5.74) is 4.64. The number of alkyl halides is 3. The number of nitrogens with two attached hydrogens (primary N) is 1. The highest BCUT2D eigenvalue weighted by Gasteiger charge is 2.34. The van der Waals surface area contributed by atoms with E-state index in [9.17, 15) is 18.0 Å². The summed E-state index contributed by atoms with van der Waals surface area (Å²) in [6.07, 6.45) is -3.76.